The number of hydrogen-bond donors (Lipinski definition) is 2. The lowest BCUT2D eigenvalue weighted by Crippen LogP contribution is -2.17. The second-order valence-corrected chi connectivity index (χ2v) is 4.43. The Morgan fingerprint density at radius 3 is 2.55 bits per heavy atom. The molecule has 114 valence electrons. The van der Waals surface area contributed by atoms with E-state index in [-0.39, 0.29) is 22.7 Å². The van der Waals surface area contributed by atoms with E-state index in [1.807, 2.05) is 0 Å². The quantitative estimate of drug-likeness (QED) is 0.477. The number of ketones is 1. The number of nitrogens with one attached hydrogen (secondary N) is 1. The Kier molecular flexibility index (Phi) is 5.84. The molecule has 22 heavy (non-hydrogen) atoms. The van der Waals surface area contributed by atoms with E-state index in [2.05, 4.69) is 5.32 Å². The smallest absolute Gasteiger partial charge is 0.338 e. The number of rotatable bonds is 5. The number of amides is 1. The maximum Gasteiger partial charge on any atom is 0.338 e. The molecule has 7 nitrogen and oxygen atoms in total. The van der Waals surface area contributed by atoms with Gasteiger partial charge in [0.1, 0.15) is 11.6 Å². The van der Waals surface area contributed by atoms with Crippen LogP contribution in [0.25, 0.3) is 0 Å². The normalized spacial score (nSPS) is 11.0. The molecule has 0 fully saturated rings. The number of carbonyl (C=O) groups is 3. The molecule has 0 aromatic heterocycles. The summed E-state index contributed by atoms with van der Waals surface area (Å²) >= 11 is 0. The molecule has 0 spiro atoms. The van der Waals surface area contributed by atoms with Gasteiger partial charge in [0.05, 0.1) is 5.56 Å². The molecule has 0 saturated heterocycles. The number of carbonyl (C=O) groups excluding carboxylic acids is 3. The highest BCUT2D eigenvalue weighted by Crippen LogP contribution is 2.12. The van der Waals surface area contributed by atoms with Crippen molar-refractivity contribution in [3.8, 4) is 6.07 Å². The van der Waals surface area contributed by atoms with Crippen LogP contribution in [0.5, 0.6) is 0 Å². The number of benzene rings is 1. The summed E-state index contributed by atoms with van der Waals surface area (Å²) in [6, 6.07) is 7.73. The van der Waals surface area contributed by atoms with E-state index in [0.29, 0.717) is 5.69 Å². The average molecular weight is 301 g/mol. The molecule has 1 rings (SSSR count). The number of Topliss-reactive ketones (excluding diaryl/α,β-unsaturated/α-hetero) is 1. The average Bonchev–Trinajstić information content (AvgIpc) is 2.44. The van der Waals surface area contributed by atoms with Crippen molar-refractivity contribution >= 4 is 23.3 Å². The molecule has 0 saturated carbocycles. The minimum atomic E-state index is -0.743. The van der Waals surface area contributed by atoms with E-state index < -0.39 is 18.4 Å². The van der Waals surface area contributed by atoms with Crippen LogP contribution < -0.4 is 11.1 Å². The minimum Gasteiger partial charge on any atom is -0.454 e. The minimum absolute atomic E-state index is 0.0659. The van der Waals surface area contributed by atoms with Gasteiger partial charge in [-0.3, -0.25) is 9.59 Å². The van der Waals surface area contributed by atoms with Gasteiger partial charge in [0, 0.05) is 18.3 Å². The molecule has 0 bridgehead atoms. The highest BCUT2D eigenvalue weighted by Gasteiger charge is 2.15. The van der Waals surface area contributed by atoms with Crippen LogP contribution in [-0.2, 0) is 14.3 Å². The third kappa shape index (κ3) is 4.76. The first-order valence-electron chi connectivity index (χ1n) is 6.29. The number of esters is 1. The Morgan fingerprint density at radius 1 is 1.32 bits per heavy atom. The van der Waals surface area contributed by atoms with Crippen LogP contribution in [0.15, 0.2) is 35.5 Å². The van der Waals surface area contributed by atoms with Crippen molar-refractivity contribution in [2.24, 2.45) is 5.73 Å². The molecule has 0 unspecified atom stereocenters. The fraction of sp³-hybridized carbons (Fsp3) is 0.200. The topological polar surface area (TPSA) is 122 Å². The molecule has 0 heterocycles. The van der Waals surface area contributed by atoms with E-state index in [4.69, 9.17) is 15.7 Å². The summed E-state index contributed by atoms with van der Waals surface area (Å²) in [7, 11) is 0. The molecular formula is C15H15N3O4. The Balaban J connectivity index is 2.75. The molecule has 1 amide bonds. The van der Waals surface area contributed by atoms with Crippen molar-refractivity contribution in [1.29, 1.82) is 5.26 Å². The summed E-state index contributed by atoms with van der Waals surface area (Å²) in [6.07, 6.45) is 0. The first-order valence-corrected chi connectivity index (χ1v) is 6.29. The van der Waals surface area contributed by atoms with Gasteiger partial charge in [0.25, 0.3) is 0 Å². The molecule has 3 N–H and O–H groups in total. The lowest BCUT2D eigenvalue weighted by Gasteiger charge is -2.06. The molecule has 0 aliphatic rings. The number of allylic oxidation sites excluding steroid dienone is 1. The number of anilines is 1. The Morgan fingerprint density at radius 2 is 2.00 bits per heavy atom. The van der Waals surface area contributed by atoms with Crippen molar-refractivity contribution in [3.63, 3.8) is 0 Å². The monoisotopic (exact) mass is 301 g/mol. The van der Waals surface area contributed by atoms with Crippen molar-refractivity contribution < 1.29 is 19.1 Å². The van der Waals surface area contributed by atoms with E-state index >= 15 is 0 Å². The van der Waals surface area contributed by atoms with Crippen LogP contribution in [0.3, 0.4) is 0 Å². The van der Waals surface area contributed by atoms with Crippen LogP contribution in [-0.4, -0.2) is 24.3 Å². The molecule has 1 aromatic carbocycles. The van der Waals surface area contributed by atoms with Gasteiger partial charge in [-0.15, -0.1) is 0 Å². The van der Waals surface area contributed by atoms with Crippen LogP contribution in [0.2, 0.25) is 0 Å². The van der Waals surface area contributed by atoms with Gasteiger partial charge < -0.3 is 15.8 Å². The lowest BCUT2D eigenvalue weighted by atomic mass is 10.1. The van der Waals surface area contributed by atoms with Crippen molar-refractivity contribution in [3.05, 3.63) is 41.1 Å². The largest absolute Gasteiger partial charge is 0.454 e. The fourth-order valence-electron chi connectivity index (χ4n) is 1.58. The number of nitrogens with zero attached hydrogens (tertiary/aromatic N) is 1. The van der Waals surface area contributed by atoms with E-state index in [1.165, 1.54) is 26.0 Å². The Bertz CT molecular complexity index is 682. The second kappa shape index (κ2) is 7.59. The second-order valence-electron chi connectivity index (χ2n) is 4.43. The third-order valence-electron chi connectivity index (χ3n) is 2.54. The standard InChI is InChI=1S/C15H15N3O4/c1-9(17)13(7-16)14(20)8-22-15(21)11-4-3-5-12(6-11)18-10(2)19/h3-6H,8,17H2,1-2H3,(H,18,19)/b13-9+. The van der Waals surface area contributed by atoms with Gasteiger partial charge in [-0.1, -0.05) is 6.07 Å². The van der Waals surface area contributed by atoms with Gasteiger partial charge in [-0.05, 0) is 25.1 Å². The summed E-state index contributed by atoms with van der Waals surface area (Å²) in [6.45, 7) is 2.17. The fourth-order valence-corrected chi connectivity index (χ4v) is 1.58. The summed E-state index contributed by atoms with van der Waals surface area (Å²) in [5.41, 5.74) is 5.82. The number of ether oxygens (including phenoxy) is 1. The summed E-state index contributed by atoms with van der Waals surface area (Å²) < 4.78 is 4.84. The van der Waals surface area contributed by atoms with E-state index in [0.717, 1.165) is 0 Å². The highest BCUT2D eigenvalue weighted by atomic mass is 16.5. The molecule has 7 heteroatoms. The zero-order chi connectivity index (χ0) is 16.7. The van der Waals surface area contributed by atoms with Gasteiger partial charge in [-0.2, -0.15) is 5.26 Å². The molecular weight excluding hydrogens is 286 g/mol. The maximum atomic E-state index is 11.9. The first-order chi connectivity index (χ1) is 10.3. The first kappa shape index (κ1) is 16.9. The van der Waals surface area contributed by atoms with E-state index in [9.17, 15) is 14.4 Å². The summed E-state index contributed by atoms with van der Waals surface area (Å²) in [5.74, 6) is -1.69. The predicted molar refractivity (Wildman–Crippen MR) is 78.5 cm³/mol. The third-order valence-corrected chi connectivity index (χ3v) is 2.54. The Hall–Kier alpha value is -3.14. The Labute approximate surface area is 127 Å². The molecule has 1 aromatic rings. The van der Waals surface area contributed by atoms with Crippen LogP contribution in [0, 0.1) is 11.3 Å². The SMILES string of the molecule is CC(=O)Nc1cccc(C(=O)OCC(=O)/C(C#N)=C(\C)N)c1. The van der Waals surface area contributed by atoms with E-state index in [1.54, 1.807) is 18.2 Å². The van der Waals surface area contributed by atoms with Gasteiger partial charge in [0.15, 0.2) is 6.61 Å². The lowest BCUT2D eigenvalue weighted by molar-refractivity contribution is -0.118. The van der Waals surface area contributed by atoms with Crippen LogP contribution in [0.4, 0.5) is 5.69 Å². The maximum absolute atomic E-state index is 11.9. The number of hydrogen-bond acceptors (Lipinski definition) is 6. The number of nitrogens with two attached hydrogens (primary N) is 1. The predicted octanol–water partition coefficient (Wildman–Crippen LogP) is 1.13. The van der Waals surface area contributed by atoms with Gasteiger partial charge in [0.2, 0.25) is 11.7 Å². The van der Waals surface area contributed by atoms with Gasteiger partial charge in [-0.25, -0.2) is 4.79 Å². The molecule has 0 aliphatic heterocycles. The molecule has 0 atom stereocenters. The summed E-state index contributed by atoms with van der Waals surface area (Å²) in [4.78, 5) is 34.5. The summed E-state index contributed by atoms with van der Waals surface area (Å²) in [5, 5.41) is 11.3. The zero-order valence-corrected chi connectivity index (χ0v) is 12.2. The van der Waals surface area contributed by atoms with Crippen LogP contribution >= 0.6 is 0 Å². The number of nitriles is 1. The van der Waals surface area contributed by atoms with Crippen molar-refractivity contribution in [2.45, 2.75) is 13.8 Å². The zero-order valence-electron chi connectivity index (χ0n) is 12.2. The van der Waals surface area contributed by atoms with Crippen LogP contribution in [0.1, 0.15) is 24.2 Å². The van der Waals surface area contributed by atoms with Gasteiger partial charge >= 0.3 is 5.97 Å². The highest BCUT2D eigenvalue weighted by molar-refractivity contribution is 6.02. The van der Waals surface area contributed by atoms with Crippen molar-refractivity contribution in [2.75, 3.05) is 11.9 Å². The van der Waals surface area contributed by atoms with Crippen molar-refractivity contribution in [1.82, 2.24) is 0 Å². The molecule has 0 aliphatic carbocycles. The molecule has 0 radical (unpaired) electrons.